The molecule has 0 aromatic heterocycles. The smallest absolute Gasteiger partial charge is 0.294 e. The number of benzene rings is 1. The predicted molar refractivity (Wildman–Crippen MR) is 153 cm³/mol. The lowest BCUT2D eigenvalue weighted by Crippen LogP contribution is -2.28. The van der Waals surface area contributed by atoms with E-state index in [9.17, 15) is 25.6 Å². The summed E-state index contributed by atoms with van der Waals surface area (Å²) in [6.07, 6.45) is 5.65. The highest BCUT2D eigenvalue weighted by Gasteiger charge is 2.27. The van der Waals surface area contributed by atoms with Crippen molar-refractivity contribution in [2.24, 2.45) is 17.8 Å². The van der Waals surface area contributed by atoms with E-state index in [0.29, 0.717) is 17.4 Å². The second-order valence-corrected chi connectivity index (χ2v) is 16.3. The summed E-state index contributed by atoms with van der Waals surface area (Å²) in [6, 6.07) is 3.64. The molecule has 11 heteroatoms. The molecular formula is C26H46O8S3. The van der Waals surface area contributed by atoms with Gasteiger partial charge in [-0.2, -0.15) is 8.42 Å². The van der Waals surface area contributed by atoms with Crippen molar-refractivity contribution < 1.29 is 35.3 Å². The summed E-state index contributed by atoms with van der Waals surface area (Å²) in [4.78, 5) is -0.513. The van der Waals surface area contributed by atoms with E-state index in [4.69, 9.17) is 9.66 Å². The van der Waals surface area contributed by atoms with Gasteiger partial charge in [-0.3, -0.25) is 4.55 Å². The molecule has 1 fully saturated rings. The maximum Gasteiger partial charge on any atom is 0.294 e. The number of rotatable bonds is 7. The molecule has 0 amide bonds. The van der Waals surface area contributed by atoms with Crippen LogP contribution in [0.1, 0.15) is 85.1 Å². The van der Waals surface area contributed by atoms with Crippen LogP contribution in [0.4, 0.5) is 0 Å². The zero-order valence-electron chi connectivity index (χ0n) is 23.2. The molecule has 3 N–H and O–H groups in total. The molecule has 1 aliphatic rings. The summed E-state index contributed by atoms with van der Waals surface area (Å²) < 4.78 is 74.4. The van der Waals surface area contributed by atoms with Crippen molar-refractivity contribution in [3.05, 3.63) is 36.1 Å². The van der Waals surface area contributed by atoms with Crippen molar-refractivity contribution in [3.63, 3.8) is 0 Å². The number of aliphatic hydroxyl groups excluding tert-OH is 1. The Labute approximate surface area is 225 Å². The lowest BCUT2D eigenvalue weighted by atomic mass is 9.81. The van der Waals surface area contributed by atoms with E-state index in [-0.39, 0.29) is 21.8 Å². The Morgan fingerprint density at radius 3 is 1.62 bits per heavy atom. The fourth-order valence-corrected chi connectivity index (χ4v) is 6.22. The minimum Gasteiger partial charge on any atom is -0.513 e. The van der Waals surface area contributed by atoms with E-state index in [1.165, 1.54) is 12.1 Å². The summed E-state index contributed by atoms with van der Waals surface area (Å²) in [5.41, 5.74) is 0.542. The van der Waals surface area contributed by atoms with Crippen LogP contribution in [0.3, 0.4) is 0 Å². The van der Waals surface area contributed by atoms with E-state index in [1.54, 1.807) is 13.8 Å². The first-order chi connectivity index (χ1) is 16.6. The van der Waals surface area contributed by atoms with Gasteiger partial charge >= 0.3 is 0 Å². The quantitative estimate of drug-likeness (QED) is 0.203. The van der Waals surface area contributed by atoms with E-state index in [1.807, 2.05) is 13.8 Å². The minimum atomic E-state index is -4.41. The van der Waals surface area contributed by atoms with Crippen molar-refractivity contribution in [2.45, 2.75) is 94.6 Å². The normalized spacial score (nSPS) is 19.9. The van der Waals surface area contributed by atoms with Crippen molar-refractivity contribution in [3.8, 4) is 0 Å². The molecular weight excluding hydrogens is 536 g/mol. The zero-order chi connectivity index (χ0) is 29.4. The first kappa shape index (κ1) is 35.6. The van der Waals surface area contributed by atoms with Gasteiger partial charge in [-0.05, 0) is 79.0 Å². The van der Waals surface area contributed by atoms with Gasteiger partial charge in [0.15, 0.2) is 9.84 Å². The number of allylic oxidation sites excluding steroid dienone is 1. The van der Waals surface area contributed by atoms with E-state index >= 15 is 0 Å². The summed E-state index contributed by atoms with van der Waals surface area (Å²) in [5.74, 6) is 5.57. The highest BCUT2D eigenvalue weighted by Crippen LogP contribution is 2.32. The van der Waals surface area contributed by atoms with Crippen LogP contribution in [0, 0.1) is 17.8 Å². The topological polar surface area (TPSA) is 146 Å². The Morgan fingerprint density at radius 2 is 1.35 bits per heavy atom. The van der Waals surface area contributed by atoms with Crippen molar-refractivity contribution in [1.82, 2.24) is 0 Å². The molecule has 216 valence electrons. The lowest BCUT2D eigenvalue weighted by molar-refractivity contribution is 0.278. The van der Waals surface area contributed by atoms with Gasteiger partial charge in [-0.15, -0.1) is 0 Å². The second kappa shape index (κ2) is 14.7. The molecule has 37 heavy (non-hydrogen) atoms. The highest BCUT2D eigenvalue weighted by atomic mass is 32.2. The van der Waals surface area contributed by atoms with Gasteiger partial charge in [-0.25, -0.2) is 12.6 Å². The fourth-order valence-electron chi connectivity index (χ4n) is 3.88. The average Bonchev–Trinajstić information content (AvgIpc) is 2.71. The summed E-state index contributed by atoms with van der Waals surface area (Å²) in [5, 5.41) is 8.48. The maximum absolute atomic E-state index is 11.4. The lowest BCUT2D eigenvalue weighted by Gasteiger charge is -2.30. The Bertz CT molecular complexity index is 1140. The number of sulfone groups is 1. The van der Waals surface area contributed by atoms with Crippen molar-refractivity contribution >= 4 is 35.6 Å². The molecule has 8 nitrogen and oxygen atoms in total. The summed E-state index contributed by atoms with van der Waals surface area (Å²) in [6.45, 7) is 15.5. The van der Waals surface area contributed by atoms with Gasteiger partial charge in [0.25, 0.3) is 10.1 Å². The van der Waals surface area contributed by atoms with Crippen LogP contribution in [0.25, 0.3) is 0 Å². The van der Waals surface area contributed by atoms with E-state index in [0.717, 1.165) is 50.3 Å². The standard InChI is InChI=1S/C10H14O5S2.C10H20O2S.C6H12O/c1-7(2)8-4-9(16(3,11)12)6-10(5-8)17(13,14)15;1-8(2)9-4-6-10(7-5-9)13(3,11)12;1-5(2)4-6(3)7/h4-7H,1-3H3,(H,13,14,15);8-10H,3-7H2,1-2H3,(H,11,12);5,7H,3-4H2,1-2H3. The second-order valence-electron chi connectivity index (χ2n) is 10.8. The fraction of sp³-hybridized carbons (Fsp3) is 0.654. The van der Waals surface area contributed by atoms with Gasteiger partial charge in [0.05, 0.1) is 30.6 Å². The Morgan fingerprint density at radius 1 is 0.892 bits per heavy atom. The van der Waals surface area contributed by atoms with E-state index in [2.05, 4.69) is 26.3 Å². The number of hydrogen-bond donors (Lipinski definition) is 3. The summed E-state index contributed by atoms with van der Waals surface area (Å²) in [7, 11) is -10.7. The van der Waals surface area contributed by atoms with Gasteiger partial charge < -0.3 is 9.66 Å². The molecule has 1 unspecified atom stereocenters. The van der Waals surface area contributed by atoms with Crippen LogP contribution in [-0.4, -0.2) is 52.6 Å². The molecule has 1 aromatic rings. The van der Waals surface area contributed by atoms with Crippen LogP contribution >= 0.6 is 0 Å². The largest absolute Gasteiger partial charge is 0.513 e. The Kier molecular flexibility index (Phi) is 14.1. The minimum absolute atomic E-state index is 0.0443. The SMILES string of the molecule is C=C(O)CC(C)C.C=S(=O)(O)C1CCC(C(C)C)CC1.CC(C)c1cc(S(C)(=O)=O)cc(S(=O)(=O)O)c1. The van der Waals surface area contributed by atoms with Crippen LogP contribution in [0.15, 0.2) is 40.3 Å². The molecule has 0 radical (unpaired) electrons. The molecule has 2 rings (SSSR count). The van der Waals surface area contributed by atoms with Crippen LogP contribution < -0.4 is 0 Å². The molecule has 0 spiro atoms. The average molecular weight is 583 g/mol. The summed E-state index contributed by atoms with van der Waals surface area (Å²) >= 11 is 0. The molecule has 1 atom stereocenters. The molecule has 1 saturated carbocycles. The number of aliphatic hydroxyl groups is 1. The predicted octanol–water partition coefficient (Wildman–Crippen LogP) is 5.96. The van der Waals surface area contributed by atoms with Crippen LogP contribution in [0.2, 0.25) is 0 Å². The molecule has 0 heterocycles. The Hall–Kier alpha value is -1.40. The van der Waals surface area contributed by atoms with Crippen LogP contribution in [0.5, 0.6) is 0 Å². The zero-order valence-corrected chi connectivity index (χ0v) is 25.6. The Balaban J connectivity index is 0.000000573. The molecule has 1 aromatic carbocycles. The molecule has 0 saturated heterocycles. The molecule has 0 bridgehead atoms. The van der Waals surface area contributed by atoms with Gasteiger partial charge in [0.1, 0.15) is 0 Å². The van der Waals surface area contributed by atoms with Gasteiger partial charge in [0.2, 0.25) is 0 Å². The number of hydrogen-bond acceptors (Lipinski definition) is 6. The third-order valence-corrected chi connectivity index (χ3v) is 9.56. The third-order valence-electron chi connectivity index (χ3n) is 6.12. The molecule has 0 aliphatic heterocycles. The highest BCUT2D eigenvalue weighted by molar-refractivity contribution is 7.95. The first-order valence-corrected chi connectivity index (χ1v) is 17.4. The first-order valence-electron chi connectivity index (χ1n) is 12.3. The van der Waals surface area contributed by atoms with Crippen molar-refractivity contribution in [1.29, 1.82) is 0 Å². The van der Waals surface area contributed by atoms with Crippen molar-refractivity contribution in [2.75, 3.05) is 6.26 Å². The maximum atomic E-state index is 11.4. The van der Waals surface area contributed by atoms with Gasteiger partial charge in [0, 0.05) is 12.7 Å². The third kappa shape index (κ3) is 14.4. The van der Waals surface area contributed by atoms with Crippen LogP contribution in [-0.2, 0) is 29.8 Å². The monoisotopic (exact) mass is 582 g/mol. The van der Waals surface area contributed by atoms with Gasteiger partial charge in [-0.1, -0.05) is 48.1 Å². The molecule has 1 aliphatic carbocycles. The van der Waals surface area contributed by atoms with E-state index < -0.39 is 34.7 Å².